The standard InChI is InChI=1S/C27H29N3O6/c1-19-2-5-21(6-3-19)24-15-28-25(36-24)8-9-27(32)33-17-26(31)30-12-10-29(11-13-30)16-20-4-7-22-23(14-20)35-18-34-22/h2-7,14-15H,8-13,16-18H2,1H3. The molecule has 0 aliphatic carbocycles. The summed E-state index contributed by atoms with van der Waals surface area (Å²) >= 11 is 0. The molecule has 5 rings (SSSR count). The van der Waals surface area contributed by atoms with E-state index in [1.807, 2.05) is 49.4 Å². The molecule has 0 saturated carbocycles. The van der Waals surface area contributed by atoms with Crippen LogP contribution in [-0.2, 0) is 27.3 Å². The molecule has 9 nitrogen and oxygen atoms in total. The van der Waals surface area contributed by atoms with Gasteiger partial charge in [0.1, 0.15) is 0 Å². The number of nitrogens with zero attached hydrogens (tertiary/aromatic N) is 3. The molecule has 0 N–H and O–H groups in total. The number of carbonyl (C=O) groups excluding carboxylic acids is 2. The van der Waals surface area contributed by atoms with Crippen LogP contribution < -0.4 is 9.47 Å². The summed E-state index contributed by atoms with van der Waals surface area (Å²) in [4.78, 5) is 33.0. The molecule has 1 aromatic heterocycles. The van der Waals surface area contributed by atoms with Crippen molar-refractivity contribution in [3.63, 3.8) is 0 Å². The van der Waals surface area contributed by atoms with Gasteiger partial charge in [0.2, 0.25) is 6.79 Å². The molecule has 0 radical (unpaired) electrons. The number of hydrogen-bond acceptors (Lipinski definition) is 8. The van der Waals surface area contributed by atoms with Crippen LogP contribution in [0, 0.1) is 6.92 Å². The summed E-state index contributed by atoms with van der Waals surface area (Å²) < 4.78 is 21.8. The monoisotopic (exact) mass is 491 g/mol. The molecular formula is C27H29N3O6. The smallest absolute Gasteiger partial charge is 0.306 e. The number of piperazine rings is 1. The van der Waals surface area contributed by atoms with Crippen molar-refractivity contribution in [1.29, 1.82) is 0 Å². The van der Waals surface area contributed by atoms with Crippen molar-refractivity contribution in [1.82, 2.24) is 14.8 Å². The summed E-state index contributed by atoms with van der Waals surface area (Å²) in [6, 6.07) is 13.9. The van der Waals surface area contributed by atoms with Crippen LogP contribution in [-0.4, -0.2) is 66.2 Å². The van der Waals surface area contributed by atoms with Crippen molar-refractivity contribution in [2.24, 2.45) is 0 Å². The summed E-state index contributed by atoms with van der Waals surface area (Å²) in [7, 11) is 0. The number of oxazole rings is 1. The molecule has 0 atom stereocenters. The van der Waals surface area contributed by atoms with Crippen molar-refractivity contribution in [3.8, 4) is 22.8 Å². The third kappa shape index (κ3) is 5.85. The van der Waals surface area contributed by atoms with Crippen LogP contribution >= 0.6 is 0 Å². The lowest BCUT2D eigenvalue weighted by Gasteiger charge is -2.34. The van der Waals surface area contributed by atoms with Gasteiger partial charge < -0.3 is 23.5 Å². The first-order valence-corrected chi connectivity index (χ1v) is 12.1. The lowest BCUT2D eigenvalue weighted by Crippen LogP contribution is -2.49. The molecule has 188 valence electrons. The zero-order chi connectivity index (χ0) is 24.9. The second-order valence-corrected chi connectivity index (χ2v) is 8.99. The number of amides is 1. The average Bonchev–Trinajstić information content (AvgIpc) is 3.56. The van der Waals surface area contributed by atoms with Crippen LogP contribution in [0.15, 0.2) is 53.1 Å². The van der Waals surface area contributed by atoms with Gasteiger partial charge in [0.05, 0.1) is 12.6 Å². The van der Waals surface area contributed by atoms with E-state index in [1.165, 1.54) is 5.56 Å². The van der Waals surface area contributed by atoms with Gasteiger partial charge in [-0.2, -0.15) is 0 Å². The van der Waals surface area contributed by atoms with Gasteiger partial charge in [-0.1, -0.05) is 35.9 Å². The minimum Gasteiger partial charge on any atom is -0.456 e. The molecule has 3 heterocycles. The van der Waals surface area contributed by atoms with E-state index in [0.29, 0.717) is 31.2 Å². The van der Waals surface area contributed by atoms with Crippen LogP contribution in [0.1, 0.15) is 23.4 Å². The molecule has 9 heteroatoms. The van der Waals surface area contributed by atoms with E-state index in [9.17, 15) is 9.59 Å². The molecule has 1 amide bonds. The predicted molar refractivity (Wildman–Crippen MR) is 130 cm³/mol. The van der Waals surface area contributed by atoms with Gasteiger partial charge in [-0.05, 0) is 24.6 Å². The highest BCUT2D eigenvalue weighted by molar-refractivity contribution is 5.80. The first kappa shape index (κ1) is 23.9. The molecule has 1 saturated heterocycles. The number of rotatable bonds is 8. The second kappa shape index (κ2) is 10.8. The van der Waals surface area contributed by atoms with E-state index >= 15 is 0 Å². The van der Waals surface area contributed by atoms with Crippen molar-refractivity contribution in [2.45, 2.75) is 26.3 Å². The van der Waals surface area contributed by atoms with Crippen molar-refractivity contribution < 1.29 is 28.2 Å². The van der Waals surface area contributed by atoms with Gasteiger partial charge >= 0.3 is 5.97 Å². The predicted octanol–water partition coefficient (Wildman–Crippen LogP) is 3.20. The summed E-state index contributed by atoms with van der Waals surface area (Å²) in [6.07, 6.45) is 2.07. The number of ether oxygens (including phenoxy) is 3. The molecule has 0 spiro atoms. The molecule has 1 fully saturated rings. The average molecular weight is 492 g/mol. The van der Waals surface area contributed by atoms with E-state index in [0.717, 1.165) is 42.3 Å². The quantitative estimate of drug-likeness (QED) is 0.444. The van der Waals surface area contributed by atoms with E-state index in [2.05, 4.69) is 9.88 Å². The largest absolute Gasteiger partial charge is 0.456 e. The molecule has 2 aromatic carbocycles. The van der Waals surface area contributed by atoms with Gasteiger partial charge in [-0.15, -0.1) is 0 Å². The number of aryl methyl sites for hydroxylation is 2. The number of fused-ring (bicyclic) bond motifs is 1. The zero-order valence-corrected chi connectivity index (χ0v) is 20.3. The van der Waals surface area contributed by atoms with E-state index in [-0.39, 0.29) is 25.7 Å². The highest BCUT2D eigenvalue weighted by atomic mass is 16.7. The van der Waals surface area contributed by atoms with E-state index in [1.54, 1.807) is 11.1 Å². The maximum Gasteiger partial charge on any atom is 0.306 e. The minimum atomic E-state index is -0.445. The van der Waals surface area contributed by atoms with Crippen molar-refractivity contribution >= 4 is 11.9 Å². The maximum absolute atomic E-state index is 12.5. The highest BCUT2D eigenvalue weighted by Gasteiger charge is 2.23. The van der Waals surface area contributed by atoms with Crippen LogP contribution in [0.4, 0.5) is 0 Å². The lowest BCUT2D eigenvalue weighted by atomic mass is 10.1. The summed E-state index contributed by atoms with van der Waals surface area (Å²) in [6.45, 7) is 5.51. The van der Waals surface area contributed by atoms with Gasteiger partial charge in [0.15, 0.2) is 29.8 Å². The maximum atomic E-state index is 12.5. The molecular weight excluding hydrogens is 462 g/mol. The number of esters is 1. The Morgan fingerprint density at radius 3 is 2.58 bits per heavy atom. The van der Waals surface area contributed by atoms with Gasteiger partial charge in [-0.25, -0.2) is 4.98 Å². The second-order valence-electron chi connectivity index (χ2n) is 8.99. The van der Waals surface area contributed by atoms with E-state index < -0.39 is 5.97 Å². The fourth-order valence-electron chi connectivity index (χ4n) is 4.24. The Balaban J connectivity index is 1.01. The molecule has 2 aliphatic heterocycles. The van der Waals surface area contributed by atoms with Crippen LogP contribution in [0.2, 0.25) is 0 Å². The number of carbonyl (C=O) groups is 2. The van der Waals surface area contributed by atoms with Crippen LogP contribution in [0.25, 0.3) is 11.3 Å². The third-order valence-corrected chi connectivity index (χ3v) is 6.36. The fraction of sp³-hybridized carbons (Fsp3) is 0.370. The molecule has 0 unspecified atom stereocenters. The number of benzene rings is 2. The van der Waals surface area contributed by atoms with Crippen molar-refractivity contribution in [3.05, 3.63) is 65.7 Å². The van der Waals surface area contributed by atoms with Crippen LogP contribution in [0.5, 0.6) is 11.5 Å². The minimum absolute atomic E-state index is 0.102. The molecule has 2 aliphatic rings. The SMILES string of the molecule is Cc1ccc(-c2cnc(CCC(=O)OCC(=O)N3CCN(Cc4ccc5c(c4)OCO5)CC3)o2)cc1. The molecule has 0 bridgehead atoms. The normalized spacial score (nSPS) is 15.2. The highest BCUT2D eigenvalue weighted by Crippen LogP contribution is 2.32. The van der Waals surface area contributed by atoms with Gasteiger partial charge in [0.25, 0.3) is 5.91 Å². The first-order chi connectivity index (χ1) is 17.5. The topological polar surface area (TPSA) is 94.3 Å². The lowest BCUT2D eigenvalue weighted by molar-refractivity contribution is -0.152. The Morgan fingerprint density at radius 2 is 1.78 bits per heavy atom. The molecule has 3 aromatic rings. The Kier molecular flexibility index (Phi) is 7.18. The molecule has 36 heavy (non-hydrogen) atoms. The van der Waals surface area contributed by atoms with Crippen LogP contribution in [0.3, 0.4) is 0 Å². The number of aromatic nitrogens is 1. The summed E-state index contributed by atoms with van der Waals surface area (Å²) in [5.41, 5.74) is 3.24. The van der Waals surface area contributed by atoms with E-state index in [4.69, 9.17) is 18.6 Å². The van der Waals surface area contributed by atoms with Crippen molar-refractivity contribution in [2.75, 3.05) is 39.6 Å². The summed E-state index contributed by atoms with van der Waals surface area (Å²) in [5, 5.41) is 0. The first-order valence-electron chi connectivity index (χ1n) is 12.1. The summed E-state index contributed by atoms with van der Waals surface area (Å²) in [5.74, 6) is 2.05. The third-order valence-electron chi connectivity index (χ3n) is 6.36. The fourth-order valence-corrected chi connectivity index (χ4v) is 4.24. The zero-order valence-electron chi connectivity index (χ0n) is 20.3. The Hall–Kier alpha value is -3.85. The van der Waals surface area contributed by atoms with Gasteiger partial charge in [0, 0.05) is 44.7 Å². The Bertz CT molecular complexity index is 1210. The Labute approximate surface area is 209 Å². The number of hydrogen-bond donors (Lipinski definition) is 0. The van der Waals surface area contributed by atoms with Gasteiger partial charge in [-0.3, -0.25) is 14.5 Å². The Morgan fingerprint density at radius 1 is 1.00 bits per heavy atom.